The zero-order valence-corrected chi connectivity index (χ0v) is 11.1. The molecule has 0 spiro atoms. The number of furan rings is 1. The van der Waals surface area contributed by atoms with E-state index >= 15 is 0 Å². The van der Waals surface area contributed by atoms with Crippen LogP contribution in [0.25, 0.3) is 21.5 Å². The predicted molar refractivity (Wildman–Crippen MR) is 74.8 cm³/mol. The van der Waals surface area contributed by atoms with E-state index in [2.05, 4.69) is 29.4 Å². The zero-order valence-electron chi connectivity index (χ0n) is 10.3. The lowest BCUT2D eigenvalue weighted by atomic mass is 10.1. The van der Waals surface area contributed by atoms with Crippen molar-refractivity contribution in [2.75, 3.05) is 7.05 Å². The molecule has 0 aliphatic heterocycles. The first-order chi connectivity index (χ1) is 8.78. The van der Waals surface area contributed by atoms with Crippen LogP contribution in [0.15, 0.2) is 40.3 Å². The van der Waals surface area contributed by atoms with Crippen molar-refractivity contribution in [3.8, 4) is 11.3 Å². The van der Waals surface area contributed by atoms with Crippen molar-refractivity contribution in [2.45, 2.75) is 13.0 Å². The highest BCUT2D eigenvalue weighted by Gasteiger charge is 2.10. The molecule has 0 fully saturated rings. The Kier molecular flexibility index (Phi) is 2.89. The number of hydrogen-bond acceptors (Lipinski definition) is 4. The van der Waals surface area contributed by atoms with E-state index < -0.39 is 0 Å². The number of rotatable bonds is 3. The van der Waals surface area contributed by atoms with E-state index in [1.54, 1.807) is 11.3 Å². The van der Waals surface area contributed by atoms with Crippen LogP contribution in [0.1, 0.15) is 18.7 Å². The Labute approximate surface area is 109 Å². The summed E-state index contributed by atoms with van der Waals surface area (Å²) in [4.78, 5) is 4.28. The van der Waals surface area contributed by atoms with Gasteiger partial charge in [0.2, 0.25) is 0 Å². The van der Waals surface area contributed by atoms with Crippen LogP contribution in [-0.4, -0.2) is 12.0 Å². The highest BCUT2D eigenvalue weighted by molar-refractivity contribution is 7.16. The van der Waals surface area contributed by atoms with Crippen molar-refractivity contribution in [1.82, 2.24) is 10.3 Å². The van der Waals surface area contributed by atoms with E-state index in [0.29, 0.717) is 0 Å². The number of nitrogens with one attached hydrogen (secondary N) is 1. The molecule has 3 aromatic rings. The molecule has 92 valence electrons. The topological polar surface area (TPSA) is 38.1 Å². The molecule has 1 aromatic carbocycles. The van der Waals surface area contributed by atoms with Crippen LogP contribution in [0.3, 0.4) is 0 Å². The quantitative estimate of drug-likeness (QED) is 0.775. The lowest BCUT2D eigenvalue weighted by molar-refractivity contribution is 0.458. The van der Waals surface area contributed by atoms with Gasteiger partial charge in [0.25, 0.3) is 0 Å². The van der Waals surface area contributed by atoms with E-state index in [0.717, 1.165) is 22.6 Å². The molecule has 2 aromatic heterocycles. The summed E-state index contributed by atoms with van der Waals surface area (Å²) >= 11 is 1.65. The molecule has 2 heterocycles. The number of aromatic nitrogens is 1. The van der Waals surface area contributed by atoms with E-state index in [9.17, 15) is 0 Å². The number of fused-ring (bicyclic) bond motifs is 1. The standard InChI is InChI=1S/C14H14N2OS/c1-9(15-2)12-5-6-13(17-12)10-3-4-11-14(7-10)18-8-16-11/h3-9,15H,1-2H3. The Bertz CT molecular complexity index is 671. The maximum absolute atomic E-state index is 5.87. The number of hydrogen-bond donors (Lipinski definition) is 1. The van der Waals surface area contributed by atoms with Crippen molar-refractivity contribution in [3.05, 3.63) is 41.6 Å². The monoisotopic (exact) mass is 258 g/mol. The van der Waals surface area contributed by atoms with E-state index in [-0.39, 0.29) is 6.04 Å². The summed E-state index contributed by atoms with van der Waals surface area (Å²) in [6.45, 7) is 2.08. The van der Waals surface area contributed by atoms with Crippen molar-refractivity contribution in [1.29, 1.82) is 0 Å². The summed E-state index contributed by atoms with van der Waals surface area (Å²) < 4.78 is 7.06. The molecule has 4 heteroatoms. The molecular formula is C14H14N2OS. The molecule has 3 nitrogen and oxygen atoms in total. The molecule has 0 saturated heterocycles. The molecule has 3 rings (SSSR count). The highest BCUT2D eigenvalue weighted by Crippen LogP contribution is 2.29. The third-order valence-corrected chi connectivity index (χ3v) is 3.89. The first-order valence-electron chi connectivity index (χ1n) is 5.88. The molecule has 0 aliphatic carbocycles. The molecule has 1 atom stereocenters. The Balaban J connectivity index is 2.00. The van der Waals surface area contributed by atoms with Crippen LogP contribution in [0.2, 0.25) is 0 Å². The maximum atomic E-state index is 5.87. The zero-order chi connectivity index (χ0) is 12.5. The van der Waals surface area contributed by atoms with E-state index in [4.69, 9.17) is 4.42 Å². The Morgan fingerprint density at radius 1 is 1.28 bits per heavy atom. The van der Waals surface area contributed by atoms with Crippen LogP contribution < -0.4 is 5.32 Å². The molecule has 1 N–H and O–H groups in total. The van der Waals surface area contributed by atoms with Gasteiger partial charge in [0, 0.05) is 5.56 Å². The second-order valence-electron chi connectivity index (χ2n) is 4.25. The number of thiazole rings is 1. The van der Waals surface area contributed by atoms with Crippen molar-refractivity contribution >= 4 is 21.6 Å². The van der Waals surface area contributed by atoms with Gasteiger partial charge in [-0.2, -0.15) is 0 Å². The van der Waals surface area contributed by atoms with Gasteiger partial charge in [0.05, 0.1) is 21.8 Å². The third kappa shape index (κ3) is 1.94. The molecular weight excluding hydrogens is 244 g/mol. The molecule has 0 aliphatic rings. The Morgan fingerprint density at radius 2 is 2.17 bits per heavy atom. The van der Waals surface area contributed by atoms with Crippen LogP contribution in [0, 0.1) is 0 Å². The SMILES string of the molecule is CNC(C)c1ccc(-c2ccc3ncsc3c2)o1. The second kappa shape index (κ2) is 4.55. The predicted octanol–water partition coefficient (Wildman–Crippen LogP) is 3.84. The normalized spacial score (nSPS) is 13.0. The van der Waals surface area contributed by atoms with Crippen LogP contribution >= 0.6 is 11.3 Å². The molecule has 0 radical (unpaired) electrons. The summed E-state index contributed by atoms with van der Waals surface area (Å²) in [6.07, 6.45) is 0. The molecule has 0 saturated carbocycles. The summed E-state index contributed by atoms with van der Waals surface area (Å²) in [5, 5.41) is 3.17. The Hall–Kier alpha value is -1.65. The van der Waals surface area contributed by atoms with E-state index in [1.807, 2.05) is 30.8 Å². The van der Waals surface area contributed by atoms with Gasteiger partial charge in [-0.15, -0.1) is 11.3 Å². The van der Waals surface area contributed by atoms with Crippen molar-refractivity contribution in [2.24, 2.45) is 0 Å². The van der Waals surface area contributed by atoms with Gasteiger partial charge < -0.3 is 9.73 Å². The van der Waals surface area contributed by atoms with Crippen LogP contribution in [0.4, 0.5) is 0 Å². The fourth-order valence-electron chi connectivity index (χ4n) is 1.89. The lowest BCUT2D eigenvalue weighted by Crippen LogP contribution is -2.10. The smallest absolute Gasteiger partial charge is 0.134 e. The maximum Gasteiger partial charge on any atom is 0.134 e. The first-order valence-corrected chi connectivity index (χ1v) is 6.76. The largest absolute Gasteiger partial charge is 0.459 e. The first kappa shape index (κ1) is 11.4. The number of nitrogens with zero attached hydrogens (tertiary/aromatic N) is 1. The van der Waals surface area contributed by atoms with Gasteiger partial charge >= 0.3 is 0 Å². The molecule has 1 unspecified atom stereocenters. The van der Waals surface area contributed by atoms with Crippen LogP contribution in [-0.2, 0) is 0 Å². The minimum atomic E-state index is 0.228. The fraction of sp³-hybridized carbons (Fsp3) is 0.214. The van der Waals surface area contributed by atoms with Gasteiger partial charge in [-0.05, 0) is 44.3 Å². The van der Waals surface area contributed by atoms with Gasteiger partial charge in [0.15, 0.2) is 0 Å². The summed E-state index contributed by atoms with van der Waals surface area (Å²) in [7, 11) is 1.93. The lowest BCUT2D eigenvalue weighted by Gasteiger charge is -2.05. The minimum Gasteiger partial charge on any atom is -0.459 e. The second-order valence-corrected chi connectivity index (χ2v) is 5.13. The van der Waals surface area contributed by atoms with Gasteiger partial charge in [-0.3, -0.25) is 0 Å². The third-order valence-electron chi connectivity index (χ3n) is 3.10. The molecule has 0 amide bonds. The average molecular weight is 258 g/mol. The Morgan fingerprint density at radius 3 is 3.00 bits per heavy atom. The molecule has 18 heavy (non-hydrogen) atoms. The van der Waals surface area contributed by atoms with Crippen molar-refractivity contribution < 1.29 is 4.42 Å². The van der Waals surface area contributed by atoms with Gasteiger partial charge in [0.1, 0.15) is 11.5 Å². The number of benzene rings is 1. The summed E-state index contributed by atoms with van der Waals surface area (Å²) in [6, 6.07) is 10.5. The summed E-state index contributed by atoms with van der Waals surface area (Å²) in [5.41, 5.74) is 4.01. The highest BCUT2D eigenvalue weighted by atomic mass is 32.1. The van der Waals surface area contributed by atoms with Crippen molar-refractivity contribution in [3.63, 3.8) is 0 Å². The molecule has 0 bridgehead atoms. The minimum absolute atomic E-state index is 0.228. The van der Waals surface area contributed by atoms with Gasteiger partial charge in [-0.1, -0.05) is 0 Å². The fourth-order valence-corrected chi connectivity index (χ4v) is 2.61. The van der Waals surface area contributed by atoms with Crippen LogP contribution in [0.5, 0.6) is 0 Å². The van der Waals surface area contributed by atoms with Gasteiger partial charge in [-0.25, -0.2) is 4.98 Å². The van der Waals surface area contributed by atoms with E-state index in [1.165, 1.54) is 4.70 Å². The summed E-state index contributed by atoms with van der Waals surface area (Å²) in [5.74, 6) is 1.86. The average Bonchev–Trinajstić information content (AvgIpc) is 3.05.